The van der Waals surface area contributed by atoms with Gasteiger partial charge in [-0.2, -0.15) is 13.2 Å². The van der Waals surface area contributed by atoms with Crippen molar-refractivity contribution in [1.82, 2.24) is 4.98 Å². The predicted octanol–water partition coefficient (Wildman–Crippen LogP) is 2.74. The Bertz CT molecular complexity index is 577. The van der Waals surface area contributed by atoms with Crippen molar-refractivity contribution in [2.75, 3.05) is 18.6 Å². The number of pyridine rings is 1. The molecule has 1 aromatic rings. The maximum Gasteiger partial charge on any atom is 0.417 e. The summed E-state index contributed by atoms with van der Waals surface area (Å²) in [4.78, 5) is 21.5. The number of oxime groups is 1. The summed E-state index contributed by atoms with van der Waals surface area (Å²) in [6.45, 7) is 0.303. The van der Waals surface area contributed by atoms with Gasteiger partial charge in [0.25, 0.3) is 0 Å². The molecule has 1 atom stereocenters. The first kappa shape index (κ1) is 15.6. The van der Waals surface area contributed by atoms with E-state index in [4.69, 9.17) is 11.6 Å². The van der Waals surface area contributed by atoms with Gasteiger partial charge in [-0.3, -0.25) is 9.69 Å². The van der Waals surface area contributed by atoms with Crippen LogP contribution in [0.5, 0.6) is 0 Å². The number of nitrogens with zero attached hydrogens (tertiary/aromatic N) is 3. The molecule has 0 saturated carbocycles. The lowest BCUT2D eigenvalue weighted by Crippen LogP contribution is -2.28. The third-order valence-corrected chi connectivity index (χ3v) is 3.28. The zero-order valence-corrected chi connectivity index (χ0v) is 11.6. The van der Waals surface area contributed by atoms with Crippen LogP contribution in [0, 0.1) is 5.92 Å². The van der Waals surface area contributed by atoms with Gasteiger partial charge in [0.05, 0.1) is 22.7 Å². The van der Waals surface area contributed by atoms with E-state index in [9.17, 15) is 18.0 Å². The highest BCUT2D eigenvalue weighted by Gasteiger charge is 2.36. The Morgan fingerprint density at radius 3 is 2.86 bits per heavy atom. The molecular weight excluding hydrogens is 311 g/mol. The quantitative estimate of drug-likeness (QED) is 0.635. The van der Waals surface area contributed by atoms with Gasteiger partial charge in [0, 0.05) is 12.7 Å². The summed E-state index contributed by atoms with van der Waals surface area (Å²) in [5, 5.41) is 3.31. The Morgan fingerprint density at radius 1 is 1.57 bits per heavy atom. The molecule has 1 fully saturated rings. The molecule has 1 aliphatic rings. The highest BCUT2D eigenvalue weighted by Crippen LogP contribution is 2.35. The van der Waals surface area contributed by atoms with Crippen LogP contribution in [0.2, 0.25) is 5.02 Å². The Morgan fingerprint density at radius 2 is 2.29 bits per heavy atom. The van der Waals surface area contributed by atoms with Gasteiger partial charge in [-0.05, 0) is 12.5 Å². The van der Waals surface area contributed by atoms with Gasteiger partial charge in [0.15, 0.2) is 5.82 Å². The largest absolute Gasteiger partial charge is 0.417 e. The van der Waals surface area contributed by atoms with E-state index in [1.165, 1.54) is 18.2 Å². The SMILES string of the molecule is CO/N=C/C1CCN(c2ncc(C(F)(F)F)cc2Cl)C1=O. The molecule has 21 heavy (non-hydrogen) atoms. The number of carbonyl (C=O) groups excluding carboxylic acids is 1. The molecule has 1 amide bonds. The summed E-state index contributed by atoms with van der Waals surface area (Å²) >= 11 is 5.82. The minimum absolute atomic E-state index is 0.0167. The van der Waals surface area contributed by atoms with Crippen molar-refractivity contribution in [3.8, 4) is 0 Å². The van der Waals surface area contributed by atoms with Gasteiger partial charge in [0.1, 0.15) is 7.11 Å². The van der Waals surface area contributed by atoms with Crippen LogP contribution in [0.4, 0.5) is 19.0 Å². The van der Waals surface area contributed by atoms with E-state index in [0.29, 0.717) is 19.2 Å². The molecule has 1 aromatic heterocycles. The summed E-state index contributed by atoms with van der Waals surface area (Å²) in [5.74, 6) is -0.807. The number of carbonyl (C=O) groups is 1. The number of amides is 1. The summed E-state index contributed by atoms with van der Waals surface area (Å²) in [6, 6.07) is 0.758. The van der Waals surface area contributed by atoms with E-state index < -0.39 is 17.7 Å². The van der Waals surface area contributed by atoms with Crippen molar-refractivity contribution < 1.29 is 22.8 Å². The summed E-state index contributed by atoms with van der Waals surface area (Å²) in [6.07, 6.45) is -2.06. The molecule has 0 aromatic carbocycles. The van der Waals surface area contributed by atoms with E-state index >= 15 is 0 Å². The lowest BCUT2D eigenvalue weighted by atomic mass is 10.1. The fourth-order valence-electron chi connectivity index (χ4n) is 1.97. The van der Waals surface area contributed by atoms with Gasteiger partial charge < -0.3 is 4.84 Å². The van der Waals surface area contributed by atoms with Crippen LogP contribution in [0.25, 0.3) is 0 Å². The molecule has 1 unspecified atom stereocenters. The molecule has 114 valence electrons. The number of halogens is 4. The van der Waals surface area contributed by atoms with Gasteiger partial charge in [-0.25, -0.2) is 4.98 Å². The van der Waals surface area contributed by atoms with Crippen molar-refractivity contribution in [1.29, 1.82) is 0 Å². The molecule has 9 heteroatoms. The second-order valence-corrected chi connectivity index (χ2v) is 4.76. The monoisotopic (exact) mass is 321 g/mol. The Labute approximate surface area is 123 Å². The van der Waals surface area contributed by atoms with E-state index in [0.717, 1.165) is 6.07 Å². The predicted molar refractivity (Wildman–Crippen MR) is 70.2 cm³/mol. The number of anilines is 1. The average Bonchev–Trinajstić information content (AvgIpc) is 2.76. The normalized spacial score (nSPS) is 19.6. The van der Waals surface area contributed by atoms with Crippen molar-refractivity contribution in [3.05, 3.63) is 22.8 Å². The van der Waals surface area contributed by atoms with Crippen LogP contribution in [0.1, 0.15) is 12.0 Å². The number of aromatic nitrogens is 1. The van der Waals surface area contributed by atoms with Crippen LogP contribution >= 0.6 is 11.6 Å². The summed E-state index contributed by atoms with van der Waals surface area (Å²) in [5.41, 5.74) is -0.958. The molecule has 0 bridgehead atoms. The first-order chi connectivity index (χ1) is 9.84. The molecule has 0 radical (unpaired) electrons. The maximum atomic E-state index is 12.5. The number of rotatable bonds is 3. The molecule has 1 saturated heterocycles. The highest BCUT2D eigenvalue weighted by atomic mass is 35.5. The van der Waals surface area contributed by atoms with Gasteiger partial charge in [-0.1, -0.05) is 16.8 Å². The zero-order valence-electron chi connectivity index (χ0n) is 10.9. The van der Waals surface area contributed by atoms with Crippen LogP contribution in [-0.2, 0) is 15.8 Å². The molecule has 2 heterocycles. The van der Waals surface area contributed by atoms with Crippen LogP contribution in [-0.4, -0.2) is 30.8 Å². The number of alkyl halides is 3. The topological polar surface area (TPSA) is 54.8 Å². The fraction of sp³-hybridized carbons (Fsp3) is 0.417. The second kappa shape index (κ2) is 5.88. The van der Waals surface area contributed by atoms with E-state index in [-0.39, 0.29) is 16.7 Å². The molecule has 5 nitrogen and oxygen atoms in total. The first-order valence-corrected chi connectivity index (χ1v) is 6.33. The fourth-order valence-corrected chi connectivity index (χ4v) is 2.24. The minimum Gasteiger partial charge on any atom is -0.399 e. The molecule has 0 N–H and O–H groups in total. The molecule has 1 aliphatic heterocycles. The maximum absolute atomic E-state index is 12.5. The second-order valence-electron chi connectivity index (χ2n) is 4.35. The average molecular weight is 322 g/mol. The van der Waals surface area contributed by atoms with Crippen molar-refractivity contribution >= 4 is 29.5 Å². The van der Waals surface area contributed by atoms with E-state index in [1.807, 2.05) is 0 Å². The lowest BCUT2D eigenvalue weighted by molar-refractivity contribution is -0.137. The van der Waals surface area contributed by atoms with Crippen LogP contribution in [0.3, 0.4) is 0 Å². The highest BCUT2D eigenvalue weighted by molar-refractivity contribution is 6.33. The molecule has 0 spiro atoms. The molecule has 2 rings (SSSR count). The van der Waals surface area contributed by atoms with Crippen LogP contribution in [0.15, 0.2) is 17.4 Å². The van der Waals surface area contributed by atoms with Crippen LogP contribution < -0.4 is 4.90 Å². The molecular formula is C12H11ClF3N3O2. The van der Waals surface area contributed by atoms with Crippen molar-refractivity contribution in [3.63, 3.8) is 0 Å². The minimum atomic E-state index is -4.53. The summed E-state index contributed by atoms with van der Waals surface area (Å²) in [7, 11) is 1.35. The Hall–Kier alpha value is -1.83. The third-order valence-electron chi connectivity index (χ3n) is 3.00. The van der Waals surface area contributed by atoms with E-state index in [1.54, 1.807) is 0 Å². The Balaban J connectivity index is 2.24. The third kappa shape index (κ3) is 3.26. The number of hydrogen-bond acceptors (Lipinski definition) is 4. The van der Waals surface area contributed by atoms with Crippen molar-refractivity contribution in [2.24, 2.45) is 11.1 Å². The van der Waals surface area contributed by atoms with Gasteiger partial charge >= 0.3 is 6.18 Å². The van der Waals surface area contributed by atoms with Gasteiger partial charge in [0.2, 0.25) is 5.91 Å². The van der Waals surface area contributed by atoms with Gasteiger partial charge in [-0.15, -0.1) is 0 Å². The van der Waals surface area contributed by atoms with E-state index in [2.05, 4.69) is 15.0 Å². The molecule has 0 aliphatic carbocycles. The summed E-state index contributed by atoms with van der Waals surface area (Å²) < 4.78 is 37.6. The lowest BCUT2D eigenvalue weighted by Gasteiger charge is -2.17. The number of hydrogen-bond donors (Lipinski definition) is 0. The zero-order chi connectivity index (χ0) is 15.6. The van der Waals surface area contributed by atoms with Crippen molar-refractivity contribution in [2.45, 2.75) is 12.6 Å². The standard InChI is InChI=1S/C12H11ClF3N3O2/c1-21-18-5-7-2-3-19(11(7)20)10-9(13)4-8(6-17-10)12(14,15)16/h4-7H,2-3H2,1H3/b18-5+. The first-order valence-electron chi connectivity index (χ1n) is 5.95. The smallest absolute Gasteiger partial charge is 0.399 e. The Kier molecular flexibility index (Phi) is 4.36.